The molecule has 2 aromatic heterocycles. The first kappa shape index (κ1) is 12.2. The fourth-order valence-corrected chi connectivity index (χ4v) is 3.86. The Bertz CT molecular complexity index is 763. The number of anilines is 1. The van der Waals surface area contributed by atoms with E-state index in [9.17, 15) is 13.2 Å². The Hall–Kier alpha value is -1.90. The smallest absolute Gasteiger partial charge is 0.364 e. The summed E-state index contributed by atoms with van der Waals surface area (Å²) in [4.78, 5) is 11.4. The molecular weight excluding hydrogens is 270 g/mol. The predicted molar refractivity (Wildman–Crippen MR) is 68.9 cm³/mol. The summed E-state index contributed by atoms with van der Waals surface area (Å²) < 4.78 is 24.2. The van der Waals surface area contributed by atoms with Gasteiger partial charge in [-0.2, -0.15) is 9.61 Å². The van der Waals surface area contributed by atoms with Crippen LogP contribution in [0, 0.1) is 0 Å². The summed E-state index contributed by atoms with van der Waals surface area (Å²) in [6, 6.07) is 3.16. The first-order valence-corrected chi connectivity index (χ1v) is 7.77. The summed E-state index contributed by atoms with van der Waals surface area (Å²) in [5, 5.41) is 13.2. The van der Waals surface area contributed by atoms with Gasteiger partial charge in [-0.15, -0.1) is 5.10 Å². The lowest BCUT2D eigenvalue weighted by atomic mass is 10.2. The molecule has 0 bridgehead atoms. The maximum atomic E-state index is 11.5. The third-order valence-electron chi connectivity index (χ3n) is 3.09. The van der Waals surface area contributed by atoms with Crippen molar-refractivity contribution in [2.24, 2.45) is 0 Å². The van der Waals surface area contributed by atoms with Gasteiger partial charge in [0.2, 0.25) is 0 Å². The van der Waals surface area contributed by atoms with Crippen LogP contribution < -0.4 is 11.0 Å². The van der Waals surface area contributed by atoms with Crippen LogP contribution >= 0.6 is 0 Å². The maximum Gasteiger partial charge on any atom is 0.364 e. The second kappa shape index (κ2) is 4.34. The molecule has 3 rings (SSSR count). The molecule has 8 nitrogen and oxygen atoms in total. The van der Waals surface area contributed by atoms with Gasteiger partial charge < -0.3 is 5.32 Å². The van der Waals surface area contributed by atoms with Crippen molar-refractivity contribution in [3.05, 3.63) is 22.6 Å². The highest BCUT2D eigenvalue weighted by Gasteiger charge is 2.24. The van der Waals surface area contributed by atoms with Gasteiger partial charge in [0.1, 0.15) is 5.82 Å². The summed E-state index contributed by atoms with van der Waals surface area (Å²) in [7, 11) is -2.97. The Kier molecular flexibility index (Phi) is 2.77. The Labute approximate surface area is 108 Å². The molecule has 1 fully saturated rings. The molecule has 1 aliphatic rings. The molecule has 0 aliphatic carbocycles. The molecule has 2 aromatic rings. The van der Waals surface area contributed by atoms with Gasteiger partial charge in [-0.05, 0) is 25.0 Å². The van der Waals surface area contributed by atoms with Gasteiger partial charge in [0.25, 0.3) is 0 Å². The number of nitrogens with zero attached hydrogens (tertiary/aromatic N) is 3. The van der Waals surface area contributed by atoms with E-state index in [2.05, 4.69) is 20.6 Å². The lowest BCUT2D eigenvalue weighted by Gasteiger charge is -2.23. The minimum atomic E-state index is -2.97. The topological polar surface area (TPSA) is 109 Å². The molecule has 102 valence electrons. The number of rotatable bonds is 2. The molecule has 0 amide bonds. The van der Waals surface area contributed by atoms with Crippen LogP contribution in [-0.4, -0.2) is 45.8 Å². The van der Waals surface area contributed by atoms with E-state index in [1.54, 1.807) is 12.1 Å². The zero-order chi connectivity index (χ0) is 13.5. The number of fused-ring (bicyclic) bond motifs is 1. The number of H-pyrrole nitrogens is 1. The van der Waals surface area contributed by atoms with Gasteiger partial charge in [-0.1, -0.05) is 0 Å². The van der Waals surface area contributed by atoms with Gasteiger partial charge in [0.15, 0.2) is 15.5 Å². The molecule has 0 aromatic carbocycles. The Balaban J connectivity index is 1.85. The van der Waals surface area contributed by atoms with Crippen molar-refractivity contribution in [3.63, 3.8) is 0 Å². The second-order valence-corrected chi connectivity index (χ2v) is 6.84. The first-order valence-electron chi connectivity index (χ1n) is 5.95. The molecule has 2 N–H and O–H groups in total. The van der Waals surface area contributed by atoms with Crippen LogP contribution in [0.2, 0.25) is 0 Å². The van der Waals surface area contributed by atoms with Crippen LogP contribution in [0.4, 0.5) is 5.82 Å². The Morgan fingerprint density at radius 2 is 2.26 bits per heavy atom. The standard InChI is InChI=1S/C10H13N5O3S/c16-10-13-12-9-4-3-8(14-15(9)10)11-7-2-1-5-19(17,18)6-7/h3-4,7H,1-2,5-6H2,(H,11,14)(H,13,16). The summed E-state index contributed by atoms with van der Waals surface area (Å²) in [5.41, 5.74) is 0.00160. The minimum Gasteiger partial charge on any atom is -0.365 e. The van der Waals surface area contributed by atoms with E-state index in [1.807, 2.05) is 0 Å². The monoisotopic (exact) mass is 283 g/mol. The van der Waals surface area contributed by atoms with Gasteiger partial charge >= 0.3 is 5.69 Å². The maximum absolute atomic E-state index is 11.5. The van der Waals surface area contributed by atoms with Gasteiger partial charge in [0, 0.05) is 6.04 Å². The zero-order valence-corrected chi connectivity index (χ0v) is 10.9. The fourth-order valence-electron chi connectivity index (χ4n) is 2.23. The van der Waals surface area contributed by atoms with Crippen molar-refractivity contribution in [2.45, 2.75) is 18.9 Å². The van der Waals surface area contributed by atoms with Crippen LogP contribution in [0.5, 0.6) is 0 Å². The largest absolute Gasteiger partial charge is 0.365 e. The first-order chi connectivity index (χ1) is 9.03. The molecule has 0 radical (unpaired) electrons. The van der Waals surface area contributed by atoms with Gasteiger partial charge in [-0.3, -0.25) is 0 Å². The van der Waals surface area contributed by atoms with E-state index in [4.69, 9.17) is 0 Å². The number of nitrogens with one attached hydrogen (secondary N) is 2. The molecule has 1 atom stereocenters. The molecule has 1 aliphatic heterocycles. The fraction of sp³-hybridized carbons (Fsp3) is 0.500. The SMILES string of the molecule is O=c1[nH]nc2ccc(NC3CCCS(=O)(=O)C3)nn12. The van der Waals surface area contributed by atoms with Crippen molar-refractivity contribution in [1.82, 2.24) is 19.8 Å². The van der Waals surface area contributed by atoms with Gasteiger partial charge in [-0.25, -0.2) is 18.3 Å². The normalized spacial score (nSPS) is 22.4. The average molecular weight is 283 g/mol. The summed E-state index contributed by atoms with van der Waals surface area (Å²) >= 11 is 0. The number of hydrogen-bond acceptors (Lipinski definition) is 6. The van der Waals surface area contributed by atoms with Crippen molar-refractivity contribution in [1.29, 1.82) is 0 Å². The van der Waals surface area contributed by atoms with E-state index >= 15 is 0 Å². The van der Waals surface area contributed by atoms with E-state index in [1.165, 1.54) is 0 Å². The highest BCUT2D eigenvalue weighted by atomic mass is 32.2. The summed E-state index contributed by atoms with van der Waals surface area (Å²) in [6.45, 7) is 0. The second-order valence-electron chi connectivity index (χ2n) is 4.62. The molecule has 3 heterocycles. The molecule has 1 unspecified atom stereocenters. The molecule has 0 saturated carbocycles. The minimum absolute atomic E-state index is 0.104. The van der Waals surface area contributed by atoms with E-state index in [-0.39, 0.29) is 17.5 Å². The number of aromatic nitrogens is 4. The van der Waals surface area contributed by atoms with Crippen molar-refractivity contribution in [3.8, 4) is 0 Å². The van der Waals surface area contributed by atoms with Crippen LogP contribution in [0.3, 0.4) is 0 Å². The van der Waals surface area contributed by atoms with Crippen molar-refractivity contribution < 1.29 is 8.42 Å². The highest BCUT2D eigenvalue weighted by molar-refractivity contribution is 7.91. The summed E-state index contributed by atoms with van der Waals surface area (Å²) in [6.07, 6.45) is 1.42. The third kappa shape index (κ3) is 2.46. The predicted octanol–water partition coefficient (Wildman–Crippen LogP) is -0.593. The zero-order valence-electron chi connectivity index (χ0n) is 10.0. The van der Waals surface area contributed by atoms with Crippen LogP contribution in [0.1, 0.15) is 12.8 Å². The van der Waals surface area contributed by atoms with Crippen LogP contribution in [-0.2, 0) is 9.84 Å². The molecule has 19 heavy (non-hydrogen) atoms. The van der Waals surface area contributed by atoms with Crippen LogP contribution in [0.15, 0.2) is 16.9 Å². The van der Waals surface area contributed by atoms with Crippen LogP contribution in [0.25, 0.3) is 5.65 Å². The van der Waals surface area contributed by atoms with E-state index < -0.39 is 15.5 Å². The lowest BCUT2D eigenvalue weighted by molar-refractivity contribution is 0.561. The molecular formula is C10H13N5O3S. The van der Waals surface area contributed by atoms with Gasteiger partial charge in [0.05, 0.1) is 11.5 Å². The van der Waals surface area contributed by atoms with E-state index in [0.717, 1.165) is 10.9 Å². The Morgan fingerprint density at radius 3 is 3.05 bits per heavy atom. The molecule has 0 spiro atoms. The quantitative estimate of drug-likeness (QED) is 0.762. The highest BCUT2D eigenvalue weighted by Crippen LogP contribution is 2.16. The Morgan fingerprint density at radius 1 is 1.42 bits per heavy atom. The number of sulfone groups is 1. The van der Waals surface area contributed by atoms with Crippen molar-refractivity contribution >= 4 is 21.3 Å². The number of aromatic amines is 1. The third-order valence-corrected chi connectivity index (χ3v) is 4.91. The molecule has 1 saturated heterocycles. The van der Waals surface area contributed by atoms with Crippen molar-refractivity contribution in [2.75, 3.05) is 16.8 Å². The van der Waals surface area contributed by atoms with E-state index in [0.29, 0.717) is 17.9 Å². The lowest BCUT2D eigenvalue weighted by Crippen LogP contribution is -2.35. The summed E-state index contributed by atoms with van der Waals surface area (Å²) in [5.74, 6) is 0.823. The average Bonchev–Trinajstić information content (AvgIpc) is 2.70. The molecule has 9 heteroatoms. The number of hydrogen-bond donors (Lipinski definition) is 2.